The van der Waals surface area contributed by atoms with E-state index in [1.165, 1.54) is 24.0 Å². The minimum Gasteiger partial charge on any atom is -0.397 e. The number of aromatic nitrogens is 1. The fourth-order valence-electron chi connectivity index (χ4n) is 2.87. The van der Waals surface area contributed by atoms with Crippen LogP contribution in [0.15, 0.2) is 30.5 Å². The Hall–Kier alpha value is -2.36. The van der Waals surface area contributed by atoms with E-state index in [9.17, 15) is 4.79 Å². The summed E-state index contributed by atoms with van der Waals surface area (Å²) >= 11 is 0. The average molecular weight is 281 g/mol. The van der Waals surface area contributed by atoms with E-state index in [1.807, 2.05) is 19.1 Å². The number of hydrogen-bond acceptors (Lipinski definition) is 3. The summed E-state index contributed by atoms with van der Waals surface area (Å²) in [4.78, 5) is 16.6. The number of nitrogen functional groups attached to an aromatic ring is 1. The van der Waals surface area contributed by atoms with Gasteiger partial charge in [-0.3, -0.25) is 9.78 Å². The van der Waals surface area contributed by atoms with Crippen LogP contribution in [0.4, 0.5) is 11.4 Å². The molecule has 0 spiro atoms. The van der Waals surface area contributed by atoms with Crippen molar-refractivity contribution in [3.05, 3.63) is 52.8 Å². The van der Waals surface area contributed by atoms with Gasteiger partial charge < -0.3 is 11.1 Å². The third kappa shape index (κ3) is 2.75. The number of nitrogens with two attached hydrogens (primary N) is 1. The fraction of sp³-hybridized carbons (Fsp3) is 0.294. The topological polar surface area (TPSA) is 68.0 Å². The minimum absolute atomic E-state index is 0.147. The average Bonchev–Trinajstić information content (AvgIpc) is 2.50. The molecule has 1 aromatic carbocycles. The van der Waals surface area contributed by atoms with Gasteiger partial charge in [0, 0.05) is 5.69 Å². The molecule has 0 saturated heterocycles. The van der Waals surface area contributed by atoms with Crippen molar-refractivity contribution >= 4 is 17.3 Å². The number of nitrogens with one attached hydrogen (secondary N) is 1. The molecule has 0 saturated carbocycles. The molecule has 0 radical (unpaired) electrons. The van der Waals surface area contributed by atoms with Crippen molar-refractivity contribution in [2.24, 2.45) is 0 Å². The quantitative estimate of drug-likeness (QED) is 0.888. The number of pyridine rings is 1. The molecule has 1 aromatic heterocycles. The molecule has 0 aliphatic heterocycles. The van der Waals surface area contributed by atoms with Crippen molar-refractivity contribution < 1.29 is 4.79 Å². The first-order valence-corrected chi connectivity index (χ1v) is 7.29. The van der Waals surface area contributed by atoms with Gasteiger partial charge >= 0.3 is 0 Å². The highest BCUT2D eigenvalue weighted by atomic mass is 16.1. The Bertz CT molecular complexity index is 694. The molecule has 3 N–H and O–H groups in total. The van der Waals surface area contributed by atoms with Crippen LogP contribution in [0.1, 0.15) is 40.0 Å². The van der Waals surface area contributed by atoms with Gasteiger partial charge in [-0.15, -0.1) is 0 Å². The normalized spacial score (nSPS) is 13.6. The van der Waals surface area contributed by atoms with Gasteiger partial charge in [-0.2, -0.15) is 0 Å². The van der Waals surface area contributed by atoms with Crippen molar-refractivity contribution in [1.82, 2.24) is 4.98 Å². The van der Waals surface area contributed by atoms with E-state index in [2.05, 4.69) is 16.4 Å². The Morgan fingerprint density at radius 1 is 1.29 bits per heavy atom. The van der Waals surface area contributed by atoms with Gasteiger partial charge in [0.1, 0.15) is 0 Å². The molecule has 21 heavy (non-hydrogen) atoms. The summed E-state index contributed by atoms with van der Waals surface area (Å²) in [6.45, 7) is 1.81. The number of amides is 1. The molecule has 1 aliphatic rings. The number of carbonyl (C=O) groups excluding carboxylic acids is 1. The number of anilines is 2. The van der Waals surface area contributed by atoms with Gasteiger partial charge in [-0.05, 0) is 55.9 Å². The van der Waals surface area contributed by atoms with E-state index >= 15 is 0 Å². The zero-order valence-electron chi connectivity index (χ0n) is 12.1. The summed E-state index contributed by atoms with van der Waals surface area (Å²) in [5.74, 6) is -0.147. The first-order valence-electron chi connectivity index (χ1n) is 7.29. The van der Waals surface area contributed by atoms with Crippen molar-refractivity contribution in [2.45, 2.75) is 32.6 Å². The number of benzene rings is 1. The molecular formula is C17H19N3O. The molecule has 4 heteroatoms. The van der Waals surface area contributed by atoms with Gasteiger partial charge in [0.2, 0.25) is 0 Å². The van der Waals surface area contributed by atoms with Gasteiger partial charge in [-0.1, -0.05) is 12.1 Å². The van der Waals surface area contributed by atoms with Gasteiger partial charge in [0.05, 0.1) is 23.1 Å². The Morgan fingerprint density at radius 2 is 2.10 bits per heavy atom. The van der Waals surface area contributed by atoms with Gasteiger partial charge in [-0.25, -0.2) is 0 Å². The fourth-order valence-corrected chi connectivity index (χ4v) is 2.87. The van der Waals surface area contributed by atoms with Gasteiger partial charge in [0.25, 0.3) is 5.91 Å². The number of nitrogens with zero attached hydrogens (tertiary/aromatic N) is 1. The number of fused-ring (bicyclic) bond motifs is 1. The summed E-state index contributed by atoms with van der Waals surface area (Å²) in [6, 6.07) is 7.80. The number of rotatable bonds is 2. The zero-order chi connectivity index (χ0) is 14.8. The number of carbonyl (C=O) groups is 1. The van der Waals surface area contributed by atoms with E-state index in [1.54, 1.807) is 12.3 Å². The van der Waals surface area contributed by atoms with Crippen molar-refractivity contribution in [2.75, 3.05) is 11.1 Å². The number of aryl methyl sites for hydroxylation is 2. The van der Waals surface area contributed by atoms with Crippen LogP contribution in [0.2, 0.25) is 0 Å². The second kappa shape index (κ2) is 5.56. The van der Waals surface area contributed by atoms with Crippen LogP contribution in [0, 0.1) is 6.92 Å². The molecule has 108 valence electrons. The van der Waals surface area contributed by atoms with Gasteiger partial charge in [0.15, 0.2) is 0 Å². The second-order valence-corrected chi connectivity index (χ2v) is 5.51. The van der Waals surface area contributed by atoms with Crippen molar-refractivity contribution in [3.63, 3.8) is 0 Å². The molecule has 2 aromatic rings. The molecule has 3 rings (SSSR count). The molecule has 4 nitrogen and oxygen atoms in total. The molecule has 1 heterocycles. The summed E-state index contributed by atoms with van der Waals surface area (Å²) < 4.78 is 0. The molecule has 0 atom stereocenters. The highest BCUT2D eigenvalue weighted by Gasteiger charge is 2.16. The van der Waals surface area contributed by atoms with E-state index in [4.69, 9.17) is 5.73 Å². The van der Waals surface area contributed by atoms with Crippen LogP contribution in [0.3, 0.4) is 0 Å². The summed E-state index contributed by atoms with van der Waals surface area (Å²) in [6.07, 6.45) is 6.09. The first-order chi connectivity index (χ1) is 10.1. The maximum atomic E-state index is 12.5. The second-order valence-electron chi connectivity index (χ2n) is 5.51. The first kappa shape index (κ1) is 13.6. The third-order valence-electron chi connectivity index (χ3n) is 4.00. The molecule has 0 fully saturated rings. The molecule has 0 unspecified atom stereocenters. The highest BCUT2D eigenvalue weighted by molar-refractivity contribution is 6.05. The SMILES string of the molecule is Cc1ncc(N)cc1C(=O)Nc1cccc2c1CCCC2. The lowest BCUT2D eigenvalue weighted by Gasteiger charge is -2.19. The summed E-state index contributed by atoms with van der Waals surface area (Å²) in [5.41, 5.74) is 11.0. The van der Waals surface area contributed by atoms with E-state index in [0.29, 0.717) is 16.9 Å². The molecule has 1 amide bonds. The van der Waals surface area contributed by atoms with Crippen molar-refractivity contribution in [3.8, 4) is 0 Å². The smallest absolute Gasteiger partial charge is 0.257 e. The maximum absolute atomic E-state index is 12.5. The van der Waals surface area contributed by atoms with Crippen LogP contribution in [-0.2, 0) is 12.8 Å². The molecular weight excluding hydrogens is 262 g/mol. The molecule has 0 bridgehead atoms. The van der Waals surface area contributed by atoms with Crippen LogP contribution in [0.25, 0.3) is 0 Å². The Labute approximate surface area is 124 Å². The lowest BCUT2D eigenvalue weighted by molar-refractivity contribution is 0.102. The van der Waals surface area contributed by atoms with E-state index < -0.39 is 0 Å². The predicted molar refractivity (Wildman–Crippen MR) is 84.4 cm³/mol. The third-order valence-corrected chi connectivity index (χ3v) is 4.00. The van der Waals surface area contributed by atoms with Crippen LogP contribution >= 0.6 is 0 Å². The minimum atomic E-state index is -0.147. The highest BCUT2D eigenvalue weighted by Crippen LogP contribution is 2.28. The van der Waals surface area contributed by atoms with Crippen LogP contribution < -0.4 is 11.1 Å². The van der Waals surface area contributed by atoms with Crippen LogP contribution in [-0.4, -0.2) is 10.9 Å². The summed E-state index contributed by atoms with van der Waals surface area (Å²) in [5, 5.41) is 3.02. The molecule has 1 aliphatic carbocycles. The van der Waals surface area contributed by atoms with E-state index in [0.717, 1.165) is 18.5 Å². The monoisotopic (exact) mass is 281 g/mol. The van der Waals surface area contributed by atoms with Crippen molar-refractivity contribution in [1.29, 1.82) is 0 Å². The van der Waals surface area contributed by atoms with E-state index in [-0.39, 0.29) is 5.91 Å². The lowest BCUT2D eigenvalue weighted by atomic mass is 9.90. The predicted octanol–water partition coefficient (Wildman–Crippen LogP) is 3.10. The Morgan fingerprint density at radius 3 is 2.95 bits per heavy atom. The standard InChI is InChI=1S/C17H19N3O/c1-11-15(9-13(18)10-19-11)17(21)20-16-8-4-6-12-5-2-3-7-14(12)16/h4,6,8-10H,2-3,5,7,18H2,1H3,(H,20,21). The van der Waals surface area contributed by atoms with Crippen LogP contribution in [0.5, 0.6) is 0 Å². The largest absolute Gasteiger partial charge is 0.397 e. The maximum Gasteiger partial charge on any atom is 0.257 e. The Balaban J connectivity index is 1.90. The number of hydrogen-bond donors (Lipinski definition) is 2. The lowest BCUT2D eigenvalue weighted by Crippen LogP contribution is -2.17. The summed E-state index contributed by atoms with van der Waals surface area (Å²) in [7, 11) is 0. The zero-order valence-corrected chi connectivity index (χ0v) is 12.1. The Kier molecular flexibility index (Phi) is 3.60.